The molecule has 49 heavy (non-hydrogen) atoms. The zero-order valence-electron chi connectivity index (χ0n) is 26.7. The number of nitrogens with one attached hydrogen (secondary N) is 2. The van der Waals surface area contributed by atoms with Gasteiger partial charge in [0.15, 0.2) is 0 Å². The first-order valence-electron chi connectivity index (χ1n) is 15.7. The van der Waals surface area contributed by atoms with Crippen LogP contribution in [0.5, 0.6) is 0 Å². The maximum Gasteiger partial charge on any atom is 0.272 e. The van der Waals surface area contributed by atoms with E-state index in [2.05, 4.69) is 10.6 Å². The molecule has 0 aliphatic heterocycles. The molecule has 242 valence electrons. The van der Waals surface area contributed by atoms with E-state index in [0.717, 1.165) is 27.4 Å². The van der Waals surface area contributed by atoms with Gasteiger partial charge in [-0.05, 0) is 79.7 Å². The predicted molar refractivity (Wildman–Crippen MR) is 197 cm³/mol. The van der Waals surface area contributed by atoms with E-state index >= 15 is 0 Å². The molecule has 0 unspecified atom stereocenters. The summed E-state index contributed by atoms with van der Waals surface area (Å²) in [6, 6.07) is 46.5. The molecule has 6 rings (SSSR count). The van der Waals surface area contributed by atoms with E-state index in [1.807, 2.05) is 116 Å². The van der Waals surface area contributed by atoms with Crippen LogP contribution in [0.4, 0.5) is 17.1 Å². The highest BCUT2D eigenvalue weighted by Crippen LogP contribution is 2.28. The van der Waals surface area contributed by atoms with Gasteiger partial charge in [-0.15, -0.1) is 11.8 Å². The van der Waals surface area contributed by atoms with E-state index in [-0.39, 0.29) is 17.4 Å². The Morgan fingerprint density at radius 2 is 1.29 bits per heavy atom. The summed E-state index contributed by atoms with van der Waals surface area (Å²) in [5.41, 5.74) is 4.58. The van der Waals surface area contributed by atoms with Crippen molar-refractivity contribution in [2.45, 2.75) is 11.8 Å². The maximum atomic E-state index is 13.6. The molecule has 3 amide bonds. The average Bonchev–Trinajstić information content (AvgIpc) is 3.61. The maximum absolute atomic E-state index is 13.6. The van der Waals surface area contributed by atoms with Gasteiger partial charge in [0.1, 0.15) is 17.2 Å². The Balaban J connectivity index is 1.15. The molecule has 0 spiro atoms. The second-order valence-corrected chi connectivity index (χ2v) is 12.2. The van der Waals surface area contributed by atoms with Gasteiger partial charge in [0.25, 0.3) is 11.8 Å². The Morgan fingerprint density at radius 3 is 1.90 bits per heavy atom. The molecule has 0 atom stereocenters. The minimum atomic E-state index is -0.519. The number of amides is 3. The first kappa shape index (κ1) is 32.8. The SMILES string of the molecule is Cc1ccc(-c2ccc(/C=C(\NC(=O)c3ccccc3)C(=O)Nc3ccc(SCC(=O)N(c4ccccc4)c4ccccc4)cc3)o2)cc1. The van der Waals surface area contributed by atoms with E-state index in [1.54, 1.807) is 47.4 Å². The van der Waals surface area contributed by atoms with E-state index in [0.29, 0.717) is 22.8 Å². The Morgan fingerprint density at radius 1 is 0.694 bits per heavy atom. The van der Waals surface area contributed by atoms with Crippen LogP contribution >= 0.6 is 11.8 Å². The van der Waals surface area contributed by atoms with Gasteiger partial charge in [-0.25, -0.2) is 0 Å². The summed E-state index contributed by atoms with van der Waals surface area (Å²) in [7, 11) is 0. The zero-order chi connectivity index (χ0) is 34.0. The third-order valence-corrected chi connectivity index (χ3v) is 8.53. The Hall–Kier alpha value is -6.12. The van der Waals surface area contributed by atoms with Crippen molar-refractivity contribution in [3.05, 3.63) is 174 Å². The molecule has 0 saturated heterocycles. The van der Waals surface area contributed by atoms with Gasteiger partial charge in [0, 0.05) is 39.2 Å². The normalized spacial score (nSPS) is 11.1. The molecule has 1 aromatic heterocycles. The van der Waals surface area contributed by atoms with E-state index < -0.39 is 11.8 Å². The van der Waals surface area contributed by atoms with Crippen LogP contribution in [0.1, 0.15) is 21.7 Å². The second kappa shape index (κ2) is 15.6. The number of hydrogen-bond acceptors (Lipinski definition) is 5. The highest BCUT2D eigenvalue weighted by Gasteiger charge is 2.19. The number of rotatable bonds is 11. The number of anilines is 3. The van der Waals surface area contributed by atoms with Crippen LogP contribution in [0.25, 0.3) is 17.4 Å². The van der Waals surface area contributed by atoms with Gasteiger partial charge in [-0.2, -0.15) is 0 Å². The third kappa shape index (κ3) is 8.62. The first-order chi connectivity index (χ1) is 23.9. The number of furan rings is 1. The number of aryl methyl sites for hydroxylation is 1. The van der Waals surface area contributed by atoms with Crippen molar-refractivity contribution in [2.75, 3.05) is 16.0 Å². The van der Waals surface area contributed by atoms with E-state index in [4.69, 9.17) is 4.42 Å². The molecule has 8 heteroatoms. The van der Waals surface area contributed by atoms with Gasteiger partial charge >= 0.3 is 0 Å². The largest absolute Gasteiger partial charge is 0.457 e. The van der Waals surface area contributed by atoms with Crippen molar-refractivity contribution in [2.24, 2.45) is 0 Å². The molecule has 0 radical (unpaired) electrons. The van der Waals surface area contributed by atoms with Crippen molar-refractivity contribution >= 4 is 52.6 Å². The zero-order valence-corrected chi connectivity index (χ0v) is 27.5. The fourth-order valence-corrected chi connectivity index (χ4v) is 5.77. The molecular weight excluding hydrogens is 631 g/mol. The quantitative estimate of drug-likeness (QED) is 0.107. The standard InChI is InChI=1S/C41H33N3O4S/c1-29-17-19-30(20-18-29)38-26-23-35(48-38)27-37(43-40(46)31-11-5-2-6-12-31)41(47)42-32-21-24-36(25-22-32)49-28-39(45)44(33-13-7-3-8-14-33)34-15-9-4-10-16-34/h2-27H,28H2,1H3,(H,42,47)(H,43,46)/b37-27-. The molecule has 0 fully saturated rings. The lowest BCUT2D eigenvalue weighted by Gasteiger charge is -2.23. The summed E-state index contributed by atoms with van der Waals surface area (Å²) >= 11 is 1.40. The lowest BCUT2D eigenvalue weighted by Crippen LogP contribution is -2.30. The second-order valence-electron chi connectivity index (χ2n) is 11.1. The van der Waals surface area contributed by atoms with Crippen LogP contribution < -0.4 is 15.5 Å². The summed E-state index contributed by atoms with van der Waals surface area (Å²) in [6.07, 6.45) is 1.51. The Labute approximate surface area is 289 Å². The number of nitrogens with zero attached hydrogens (tertiary/aromatic N) is 1. The molecule has 0 aliphatic rings. The number of hydrogen-bond donors (Lipinski definition) is 2. The topological polar surface area (TPSA) is 91.7 Å². The number of thioether (sulfide) groups is 1. The van der Waals surface area contributed by atoms with Gasteiger partial charge in [0.05, 0.1) is 5.75 Å². The molecule has 6 aromatic rings. The highest BCUT2D eigenvalue weighted by molar-refractivity contribution is 8.00. The van der Waals surface area contributed by atoms with Crippen LogP contribution in [0.15, 0.2) is 167 Å². The molecule has 0 bridgehead atoms. The Kier molecular flexibility index (Phi) is 10.5. The number of para-hydroxylation sites is 2. The van der Waals surface area contributed by atoms with Crippen molar-refractivity contribution < 1.29 is 18.8 Å². The van der Waals surface area contributed by atoms with Crippen molar-refractivity contribution in [1.29, 1.82) is 0 Å². The number of carbonyl (C=O) groups is 3. The van der Waals surface area contributed by atoms with Crippen LogP contribution in [0, 0.1) is 6.92 Å². The Bertz CT molecular complexity index is 2020. The van der Waals surface area contributed by atoms with Crippen molar-refractivity contribution in [3.8, 4) is 11.3 Å². The summed E-state index contributed by atoms with van der Waals surface area (Å²) in [4.78, 5) is 42.6. The minimum absolute atomic E-state index is 0.0182. The summed E-state index contributed by atoms with van der Waals surface area (Å²) in [6.45, 7) is 2.01. The van der Waals surface area contributed by atoms with Crippen LogP contribution in [0.3, 0.4) is 0 Å². The van der Waals surface area contributed by atoms with Gasteiger partial charge < -0.3 is 15.1 Å². The van der Waals surface area contributed by atoms with E-state index in [1.165, 1.54) is 17.8 Å². The number of carbonyl (C=O) groups excluding carboxylic acids is 3. The van der Waals surface area contributed by atoms with Crippen LogP contribution in [-0.4, -0.2) is 23.5 Å². The molecule has 0 aliphatic carbocycles. The van der Waals surface area contributed by atoms with Crippen LogP contribution in [0.2, 0.25) is 0 Å². The van der Waals surface area contributed by atoms with Gasteiger partial charge in [-0.1, -0.05) is 84.4 Å². The third-order valence-electron chi connectivity index (χ3n) is 7.53. The monoisotopic (exact) mass is 663 g/mol. The van der Waals surface area contributed by atoms with Crippen molar-refractivity contribution in [1.82, 2.24) is 5.32 Å². The summed E-state index contributed by atoms with van der Waals surface area (Å²) < 4.78 is 6.02. The summed E-state index contributed by atoms with van der Waals surface area (Å²) in [5.74, 6) is 0.250. The van der Waals surface area contributed by atoms with Crippen molar-refractivity contribution in [3.63, 3.8) is 0 Å². The predicted octanol–water partition coefficient (Wildman–Crippen LogP) is 9.12. The van der Waals surface area contributed by atoms with E-state index in [9.17, 15) is 14.4 Å². The molecule has 0 saturated carbocycles. The minimum Gasteiger partial charge on any atom is -0.457 e. The van der Waals surface area contributed by atoms with Gasteiger partial charge in [0.2, 0.25) is 5.91 Å². The molecular formula is C41H33N3O4S. The fourth-order valence-electron chi connectivity index (χ4n) is 5.02. The molecule has 2 N–H and O–H groups in total. The summed E-state index contributed by atoms with van der Waals surface area (Å²) in [5, 5.41) is 5.61. The number of benzene rings is 5. The average molecular weight is 664 g/mol. The molecule has 1 heterocycles. The smallest absolute Gasteiger partial charge is 0.272 e. The lowest BCUT2D eigenvalue weighted by atomic mass is 10.1. The lowest BCUT2D eigenvalue weighted by molar-refractivity contribution is -0.115. The fraction of sp³-hybridized carbons (Fsp3) is 0.0488. The van der Waals surface area contributed by atoms with Gasteiger partial charge in [-0.3, -0.25) is 19.3 Å². The molecule has 7 nitrogen and oxygen atoms in total. The first-order valence-corrected chi connectivity index (χ1v) is 16.6. The van der Waals surface area contributed by atoms with Crippen LogP contribution in [-0.2, 0) is 9.59 Å². The molecule has 5 aromatic carbocycles. The highest BCUT2D eigenvalue weighted by atomic mass is 32.2.